The summed E-state index contributed by atoms with van der Waals surface area (Å²) in [4.78, 5) is 9.70. The second kappa shape index (κ2) is 4.49. The van der Waals surface area contributed by atoms with Gasteiger partial charge in [0, 0.05) is 12.1 Å². The van der Waals surface area contributed by atoms with Crippen molar-refractivity contribution in [2.24, 2.45) is 0 Å². The maximum Gasteiger partial charge on any atom is 0.387 e. The smallest absolute Gasteiger partial charge is 0.387 e. The summed E-state index contributed by atoms with van der Waals surface area (Å²) in [6, 6.07) is 3.42. The van der Waals surface area contributed by atoms with Crippen molar-refractivity contribution in [3.05, 3.63) is 31.9 Å². The zero-order valence-corrected chi connectivity index (χ0v) is 8.77. The average molecular weight is 315 g/mol. The predicted molar refractivity (Wildman–Crippen MR) is 52.4 cm³/mol. The number of nitro groups is 1. The normalized spacial score (nSPS) is 10.3. The minimum atomic E-state index is -2.93. The topological polar surface area (TPSA) is 52.4 Å². The first-order valence-electron chi connectivity index (χ1n) is 3.39. The molecule has 0 aliphatic rings. The summed E-state index contributed by atoms with van der Waals surface area (Å²) in [5.41, 5.74) is -0.156. The molecular formula is C7H4F2INO3. The Hall–Kier alpha value is -0.990. The van der Waals surface area contributed by atoms with Crippen LogP contribution in [0.15, 0.2) is 18.2 Å². The molecule has 0 N–H and O–H groups in total. The summed E-state index contributed by atoms with van der Waals surface area (Å²) in [6.45, 7) is -2.93. The zero-order valence-electron chi connectivity index (χ0n) is 6.62. The lowest BCUT2D eigenvalue weighted by atomic mass is 10.3. The van der Waals surface area contributed by atoms with E-state index < -0.39 is 11.5 Å². The molecule has 0 saturated heterocycles. The van der Waals surface area contributed by atoms with Gasteiger partial charge < -0.3 is 4.74 Å². The summed E-state index contributed by atoms with van der Waals surface area (Å²) in [5.74, 6) is -0.0637. The predicted octanol–water partition coefficient (Wildman–Crippen LogP) is 2.80. The van der Waals surface area contributed by atoms with E-state index in [9.17, 15) is 18.9 Å². The number of alkyl halides is 2. The molecule has 1 aromatic rings. The van der Waals surface area contributed by atoms with Gasteiger partial charge in [-0.2, -0.15) is 8.78 Å². The maximum atomic E-state index is 11.8. The van der Waals surface area contributed by atoms with E-state index in [4.69, 9.17) is 0 Å². The Morgan fingerprint density at radius 2 is 2.14 bits per heavy atom. The number of benzene rings is 1. The Labute approximate surface area is 91.2 Å². The van der Waals surface area contributed by atoms with E-state index >= 15 is 0 Å². The van der Waals surface area contributed by atoms with Crippen LogP contribution in [0.2, 0.25) is 0 Å². The van der Waals surface area contributed by atoms with Gasteiger partial charge in [-0.3, -0.25) is 10.1 Å². The number of non-ortho nitro benzene ring substituents is 1. The van der Waals surface area contributed by atoms with Crippen LogP contribution >= 0.6 is 22.6 Å². The molecule has 0 heterocycles. The van der Waals surface area contributed by atoms with E-state index in [2.05, 4.69) is 4.74 Å². The van der Waals surface area contributed by atoms with E-state index in [1.807, 2.05) is 0 Å². The van der Waals surface area contributed by atoms with Gasteiger partial charge in [0.2, 0.25) is 0 Å². The summed E-state index contributed by atoms with van der Waals surface area (Å²) in [5, 5.41) is 10.3. The molecule has 1 rings (SSSR count). The van der Waals surface area contributed by atoms with Crippen molar-refractivity contribution in [1.82, 2.24) is 0 Å². The molecule has 0 aromatic heterocycles. The van der Waals surface area contributed by atoms with E-state index in [1.54, 1.807) is 22.6 Å². The summed E-state index contributed by atoms with van der Waals surface area (Å²) in [7, 11) is 0. The Balaban J connectivity index is 2.95. The summed E-state index contributed by atoms with van der Waals surface area (Å²) in [6.07, 6.45) is 0. The van der Waals surface area contributed by atoms with E-state index in [0.29, 0.717) is 0 Å². The molecule has 0 aliphatic carbocycles. The molecule has 7 heteroatoms. The van der Waals surface area contributed by atoms with Crippen LogP contribution in [0.25, 0.3) is 0 Å². The molecule has 1 aromatic carbocycles. The van der Waals surface area contributed by atoms with Gasteiger partial charge in [0.15, 0.2) is 0 Å². The molecule has 0 atom stereocenters. The minimum absolute atomic E-state index is 0.0637. The zero-order chi connectivity index (χ0) is 10.7. The fourth-order valence-electron chi connectivity index (χ4n) is 0.795. The highest BCUT2D eigenvalue weighted by Crippen LogP contribution is 2.26. The Kier molecular flexibility index (Phi) is 3.55. The SMILES string of the molecule is O=[N+]([O-])c1ccc(OC(F)F)c(I)c1. The number of nitro benzene ring substituents is 1. The van der Waals surface area contributed by atoms with Crippen LogP contribution in [0.4, 0.5) is 14.5 Å². The fraction of sp³-hybridized carbons (Fsp3) is 0.143. The third kappa shape index (κ3) is 2.76. The number of hydrogen-bond donors (Lipinski definition) is 0. The van der Waals surface area contributed by atoms with Crippen LogP contribution in [-0.4, -0.2) is 11.5 Å². The maximum absolute atomic E-state index is 11.8. The van der Waals surface area contributed by atoms with E-state index in [1.165, 1.54) is 0 Å². The minimum Gasteiger partial charge on any atom is -0.434 e. The Morgan fingerprint density at radius 1 is 1.50 bits per heavy atom. The number of nitrogens with zero attached hydrogens (tertiary/aromatic N) is 1. The molecule has 4 nitrogen and oxygen atoms in total. The van der Waals surface area contributed by atoms with Crippen LogP contribution in [-0.2, 0) is 0 Å². The molecular weight excluding hydrogens is 311 g/mol. The van der Waals surface area contributed by atoms with Crippen LogP contribution < -0.4 is 4.74 Å². The van der Waals surface area contributed by atoms with Gasteiger partial charge in [-0.1, -0.05) is 0 Å². The first-order valence-corrected chi connectivity index (χ1v) is 4.47. The van der Waals surface area contributed by atoms with E-state index in [0.717, 1.165) is 18.2 Å². The van der Waals surface area contributed by atoms with Crippen molar-refractivity contribution in [2.75, 3.05) is 0 Å². The van der Waals surface area contributed by atoms with Gasteiger partial charge in [0.05, 0.1) is 8.49 Å². The lowest BCUT2D eigenvalue weighted by Gasteiger charge is -2.05. The summed E-state index contributed by atoms with van der Waals surface area (Å²) < 4.78 is 28.0. The fourth-order valence-corrected chi connectivity index (χ4v) is 1.42. The number of rotatable bonds is 3. The third-order valence-corrected chi connectivity index (χ3v) is 2.19. The molecule has 0 spiro atoms. The van der Waals surface area contributed by atoms with Gasteiger partial charge in [-0.15, -0.1) is 0 Å². The molecule has 0 saturated carbocycles. The van der Waals surface area contributed by atoms with Crippen LogP contribution in [0, 0.1) is 13.7 Å². The van der Waals surface area contributed by atoms with Crippen LogP contribution in [0.5, 0.6) is 5.75 Å². The largest absolute Gasteiger partial charge is 0.434 e. The standard InChI is InChI=1S/C7H4F2INO3/c8-7(9)14-6-2-1-4(11(12)13)3-5(6)10/h1-3,7H. The molecule has 0 radical (unpaired) electrons. The Bertz CT molecular complexity index is 359. The van der Waals surface area contributed by atoms with E-state index in [-0.39, 0.29) is 15.0 Å². The molecule has 14 heavy (non-hydrogen) atoms. The van der Waals surface area contributed by atoms with Crippen molar-refractivity contribution in [2.45, 2.75) is 6.61 Å². The molecule has 0 aliphatic heterocycles. The highest BCUT2D eigenvalue weighted by atomic mass is 127. The number of ether oxygens (including phenoxy) is 1. The van der Waals surface area contributed by atoms with Crippen molar-refractivity contribution in [3.8, 4) is 5.75 Å². The van der Waals surface area contributed by atoms with Gasteiger partial charge in [-0.25, -0.2) is 0 Å². The van der Waals surface area contributed by atoms with Crippen molar-refractivity contribution in [1.29, 1.82) is 0 Å². The number of hydrogen-bond acceptors (Lipinski definition) is 3. The highest BCUT2D eigenvalue weighted by Gasteiger charge is 2.12. The molecule has 0 unspecified atom stereocenters. The van der Waals surface area contributed by atoms with Gasteiger partial charge in [0.1, 0.15) is 5.75 Å². The lowest BCUT2D eigenvalue weighted by Crippen LogP contribution is -2.03. The molecule has 76 valence electrons. The average Bonchev–Trinajstić information content (AvgIpc) is 2.07. The van der Waals surface area contributed by atoms with Crippen molar-refractivity contribution < 1.29 is 18.4 Å². The number of halogens is 3. The first-order chi connectivity index (χ1) is 6.50. The lowest BCUT2D eigenvalue weighted by molar-refractivity contribution is -0.385. The van der Waals surface area contributed by atoms with Gasteiger partial charge in [-0.05, 0) is 28.7 Å². The van der Waals surface area contributed by atoms with Crippen LogP contribution in [0.1, 0.15) is 0 Å². The molecule has 0 bridgehead atoms. The second-order valence-electron chi connectivity index (χ2n) is 2.25. The summed E-state index contributed by atoms with van der Waals surface area (Å²) >= 11 is 1.69. The van der Waals surface area contributed by atoms with Gasteiger partial charge >= 0.3 is 6.61 Å². The van der Waals surface area contributed by atoms with Crippen molar-refractivity contribution >= 4 is 28.3 Å². The second-order valence-corrected chi connectivity index (χ2v) is 3.41. The van der Waals surface area contributed by atoms with Gasteiger partial charge in [0.25, 0.3) is 5.69 Å². The monoisotopic (exact) mass is 315 g/mol. The first kappa shape index (κ1) is 11.1. The molecule has 0 fully saturated rings. The Morgan fingerprint density at radius 3 is 2.57 bits per heavy atom. The van der Waals surface area contributed by atoms with Crippen molar-refractivity contribution in [3.63, 3.8) is 0 Å². The molecule has 0 amide bonds. The van der Waals surface area contributed by atoms with Crippen LogP contribution in [0.3, 0.4) is 0 Å². The third-order valence-electron chi connectivity index (χ3n) is 1.34. The quantitative estimate of drug-likeness (QED) is 0.490. The highest BCUT2D eigenvalue weighted by molar-refractivity contribution is 14.1.